The number of hydrogen-bond acceptors (Lipinski definition) is 3. The molecule has 19 heavy (non-hydrogen) atoms. The van der Waals surface area contributed by atoms with Crippen LogP contribution in [0.2, 0.25) is 0 Å². The van der Waals surface area contributed by atoms with Gasteiger partial charge >= 0.3 is 0 Å². The van der Waals surface area contributed by atoms with Crippen molar-refractivity contribution < 1.29 is 14.3 Å². The molecule has 1 amide bonds. The molecule has 0 fully saturated rings. The summed E-state index contributed by atoms with van der Waals surface area (Å²) in [6.45, 7) is 4.00. The molecule has 1 atom stereocenters. The lowest BCUT2D eigenvalue weighted by Gasteiger charge is -2.12. The van der Waals surface area contributed by atoms with Crippen LogP contribution in [0.1, 0.15) is 33.3 Å². The number of aliphatic hydroxyl groups is 1. The Balaban J connectivity index is 2.00. The first kappa shape index (κ1) is 13.4. The predicted octanol–water partition coefficient (Wildman–Crippen LogP) is 2.36. The lowest BCUT2D eigenvalue weighted by molar-refractivity contribution is 0.0900. The smallest absolute Gasteiger partial charge is 0.251 e. The maximum atomic E-state index is 12.0. The summed E-state index contributed by atoms with van der Waals surface area (Å²) in [6, 6.07) is 8.96. The van der Waals surface area contributed by atoms with Gasteiger partial charge in [-0.05, 0) is 43.2 Å². The molecule has 0 aliphatic carbocycles. The zero-order valence-electron chi connectivity index (χ0n) is 11.0. The van der Waals surface area contributed by atoms with Gasteiger partial charge in [0, 0.05) is 5.56 Å². The first-order valence-corrected chi connectivity index (χ1v) is 6.15. The number of aryl methyl sites for hydroxylation is 1. The monoisotopic (exact) mass is 259 g/mol. The number of amides is 1. The van der Waals surface area contributed by atoms with Crippen LogP contribution in [0, 0.1) is 13.8 Å². The number of rotatable bonds is 4. The summed E-state index contributed by atoms with van der Waals surface area (Å²) in [5, 5.41) is 12.5. The molecule has 0 spiro atoms. The Morgan fingerprint density at radius 3 is 2.79 bits per heavy atom. The van der Waals surface area contributed by atoms with Crippen molar-refractivity contribution in [3.63, 3.8) is 0 Å². The van der Waals surface area contributed by atoms with E-state index >= 15 is 0 Å². The summed E-state index contributed by atoms with van der Waals surface area (Å²) in [6.07, 6.45) is 0.662. The maximum absolute atomic E-state index is 12.0. The lowest BCUT2D eigenvalue weighted by atomic mass is 10.0. The molecule has 0 radical (unpaired) electrons. The molecule has 0 saturated carbocycles. The van der Waals surface area contributed by atoms with Crippen LogP contribution in [0.25, 0.3) is 0 Å². The molecule has 1 heterocycles. The van der Waals surface area contributed by atoms with Gasteiger partial charge in [0.05, 0.1) is 12.8 Å². The molecule has 0 saturated heterocycles. The van der Waals surface area contributed by atoms with E-state index in [-0.39, 0.29) is 12.5 Å². The Kier molecular flexibility index (Phi) is 4.02. The van der Waals surface area contributed by atoms with Crippen molar-refractivity contribution in [3.05, 3.63) is 59.0 Å². The number of carbonyl (C=O) groups excluding carboxylic acids is 1. The van der Waals surface area contributed by atoms with E-state index in [1.165, 1.54) is 6.26 Å². The largest absolute Gasteiger partial charge is 0.467 e. The van der Waals surface area contributed by atoms with Gasteiger partial charge in [-0.15, -0.1) is 0 Å². The highest BCUT2D eigenvalue weighted by Crippen LogP contribution is 2.14. The van der Waals surface area contributed by atoms with Gasteiger partial charge in [-0.25, -0.2) is 0 Å². The van der Waals surface area contributed by atoms with Gasteiger partial charge in [0.2, 0.25) is 0 Å². The van der Waals surface area contributed by atoms with Crippen LogP contribution in [-0.4, -0.2) is 17.6 Å². The van der Waals surface area contributed by atoms with Crippen molar-refractivity contribution in [2.75, 3.05) is 6.54 Å². The summed E-state index contributed by atoms with van der Waals surface area (Å²) >= 11 is 0. The molecule has 0 aliphatic rings. The lowest BCUT2D eigenvalue weighted by Crippen LogP contribution is -2.28. The second-order valence-corrected chi connectivity index (χ2v) is 4.49. The molecule has 100 valence electrons. The van der Waals surface area contributed by atoms with Gasteiger partial charge in [-0.1, -0.05) is 12.1 Å². The highest BCUT2D eigenvalue weighted by Gasteiger charge is 2.14. The van der Waals surface area contributed by atoms with Crippen LogP contribution in [0.5, 0.6) is 0 Å². The first-order valence-electron chi connectivity index (χ1n) is 6.15. The minimum absolute atomic E-state index is 0.125. The van der Waals surface area contributed by atoms with Crippen LogP contribution < -0.4 is 5.32 Å². The van der Waals surface area contributed by atoms with Gasteiger partial charge in [-0.2, -0.15) is 0 Å². The van der Waals surface area contributed by atoms with Crippen LogP contribution in [-0.2, 0) is 0 Å². The maximum Gasteiger partial charge on any atom is 0.251 e. The summed E-state index contributed by atoms with van der Waals surface area (Å²) in [5.41, 5.74) is 2.65. The van der Waals surface area contributed by atoms with Gasteiger partial charge in [0.15, 0.2) is 0 Å². The van der Waals surface area contributed by atoms with Crippen LogP contribution in [0.15, 0.2) is 41.0 Å². The highest BCUT2D eigenvalue weighted by molar-refractivity contribution is 5.95. The topological polar surface area (TPSA) is 62.5 Å². The molecule has 2 aromatic rings. The van der Waals surface area contributed by atoms with Crippen LogP contribution in [0.3, 0.4) is 0 Å². The molecule has 1 unspecified atom stereocenters. The van der Waals surface area contributed by atoms with Crippen molar-refractivity contribution in [1.82, 2.24) is 5.32 Å². The van der Waals surface area contributed by atoms with Crippen molar-refractivity contribution in [3.8, 4) is 0 Å². The third-order valence-corrected chi connectivity index (χ3v) is 3.18. The zero-order chi connectivity index (χ0) is 13.8. The van der Waals surface area contributed by atoms with E-state index in [9.17, 15) is 9.90 Å². The summed E-state index contributed by atoms with van der Waals surface area (Å²) < 4.78 is 5.07. The Morgan fingerprint density at radius 1 is 1.32 bits per heavy atom. The van der Waals surface area contributed by atoms with Crippen molar-refractivity contribution in [1.29, 1.82) is 0 Å². The van der Waals surface area contributed by atoms with Crippen molar-refractivity contribution in [2.45, 2.75) is 20.0 Å². The molecule has 2 N–H and O–H groups in total. The second-order valence-electron chi connectivity index (χ2n) is 4.49. The van der Waals surface area contributed by atoms with Gasteiger partial charge in [0.25, 0.3) is 5.91 Å². The van der Waals surface area contributed by atoms with E-state index in [0.717, 1.165) is 11.1 Å². The van der Waals surface area contributed by atoms with E-state index in [4.69, 9.17) is 4.42 Å². The minimum Gasteiger partial charge on any atom is -0.467 e. The quantitative estimate of drug-likeness (QED) is 0.886. The predicted molar refractivity (Wildman–Crippen MR) is 71.9 cm³/mol. The van der Waals surface area contributed by atoms with Crippen LogP contribution >= 0.6 is 0 Å². The molecule has 1 aromatic carbocycles. The third kappa shape index (κ3) is 3.03. The fourth-order valence-corrected chi connectivity index (χ4v) is 1.86. The molecule has 4 heteroatoms. The number of benzene rings is 1. The molecule has 0 bridgehead atoms. The van der Waals surface area contributed by atoms with E-state index in [1.807, 2.05) is 26.0 Å². The van der Waals surface area contributed by atoms with Crippen molar-refractivity contribution in [2.24, 2.45) is 0 Å². The molecular formula is C15H17NO3. The number of aliphatic hydroxyl groups excluding tert-OH is 1. The zero-order valence-corrected chi connectivity index (χ0v) is 11.0. The van der Waals surface area contributed by atoms with Gasteiger partial charge in [-0.3, -0.25) is 4.79 Å². The number of nitrogens with one attached hydrogen (secondary N) is 1. The van der Waals surface area contributed by atoms with E-state index in [2.05, 4.69) is 5.32 Å². The summed E-state index contributed by atoms with van der Waals surface area (Å²) in [4.78, 5) is 12.0. The average Bonchev–Trinajstić information content (AvgIpc) is 2.93. The van der Waals surface area contributed by atoms with Crippen molar-refractivity contribution >= 4 is 5.91 Å². The third-order valence-electron chi connectivity index (χ3n) is 3.18. The highest BCUT2D eigenvalue weighted by atomic mass is 16.4. The normalized spacial score (nSPS) is 12.2. The average molecular weight is 259 g/mol. The summed E-state index contributed by atoms with van der Waals surface area (Å²) in [7, 11) is 0. The number of carbonyl (C=O) groups is 1. The van der Waals surface area contributed by atoms with Gasteiger partial charge < -0.3 is 14.8 Å². The molecular weight excluding hydrogens is 242 g/mol. The fraction of sp³-hybridized carbons (Fsp3) is 0.267. The van der Waals surface area contributed by atoms with E-state index < -0.39 is 6.10 Å². The Hall–Kier alpha value is -2.07. The summed E-state index contributed by atoms with van der Waals surface area (Å²) in [5.74, 6) is 0.257. The standard InChI is InChI=1S/C15H17NO3/c1-10-5-3-6-12(11(10)2)15(18)16-9-13(17)14-7-4-8-19-14/h3-8,13,17H,9H2,1-2H3,(H,16,18). The minimum atomic E-state index is -0.830. The number of furan rings is 1. The van der Waals surface area contributed by atoms with Crippen LogP contribution in [0.4, 0.5) is 0 Å². The van der Waals surface area contributed by atoms with Gasteiger partial charge in [0.1, 0.15) is 11.9 Å². The van der Waals surface area contributed by atoms with E-state index in [1.54, 1.807) is 18.2 Å². The van der Waals surface area contributed by atoms with E-state index in [0.29, 0.717) is 11.3 Å². The molecule has 2 rings (SSSR count). The molecule has 1 aromatic heterocycles. The number of hydrogen-bond donors (Lipinski definition) is 2. The first-order chi connectivity index (χ1) is 9.09. The molecule has 4 nitrogen and oxygen atoms in total. The Labute approximate surface area is 112 Å². The Bertz CT molecular complexity index is 561. The fourth-order valence-electron chi connectivity index (χ4n) is 1.86. The Morgan fingerprint density at radius 2 is 2.11 bits per heavy atom. The SMILES string of the molecule is Cc1cccc(C(=O)NCC(O)c2ccco2)c1C. The second kappa shape index (κ2) is 5.71. The molecule has 0 aliphatic heterocycles.